The fourth-order valence-corrected chi connectivity index (χ4v) is 2.17. The predicted molar refractivity (Wildman–Crippen MR) is 58.6 cm³/mol. The van der Waals surface area contributed by atoms with Gasteiger partial charge in [-0.3, -0.25) is 4.79 Å². The lowest BCUT2D eigenvalue weighted by atomic mass is 10.1. The molecule has 1 atom stereocenters. The van der Waals surface area contributed by atoms with Gasteiger partial charge in [-0.05, 0) is 21.0 Å². The van der Waals surface area contributed by atoms with E-state index in [0.29, 0.717) is 0 Å². The van der Waals surface area contributed by atoms with Gasteiger partial charge in [0.1, 0.15) is 0 Å². The largest absolute Gasteiger partial charge is 0.480 e. The summed E-state index contributed by atoms with van der Waals surface area (Å²) in [6.07, 6.45) is 0. The van der Waals surface area contributed by atoms with Crippen LogP contribution in [0.15, 0.2) is 0 Å². The molecule has 7 nitrogen and oxygen atoms in total. The molecule has 0 aromatic rings. The molecule has 0 spiro atoms. The summed E-state index contributed by atoms with van der Waals surface area (Å²) in [6, 6.07) is 0. The molecule has 0 heterocycles. The average Bonchev–Trinajstić information content (AvgIpc) is 1.96. The van der Waals surface area contributed by atoms with Gasteiger partial charge in [0.25, 0.3) is 0 Å². The summed E-state index contributed by atoms with van der Waals surface area (Å²) in [4.78, 5) is 11.9. The minimum atomic E-state index is -3.88. The van der Waals surface area contributed by atoms with Gasteiger partial charge in [0.15, 0.2) is 5.75 Å². The number of nitrogens with zero attached hydrogens (tertiary/aromatic N) is 1. The second kappa shape index (κ2) is 5.58. The molecule has 0 aliphatic heterocycles. The van der Waals surface area contributed by atoms with Crippen LogP contribution in [0.3, 0.4) is 0 Å². The number of aliphatic hydroxyl groups is 1. The third-order valence-electron chi connectivity index (χ3n) is 1.64. The van der Waals surface area contributed by atoms with E-state index in [-0.39, 0.29) is 13.1 Å². The molecule has 0 saturated carbocycles. The lowest BCUT2D eigenvalue weighted by molar-refractivity contribution is -0.134. The van der Waals surface area contributed by atoms with E-state index in [1.54, 1.807) is 19.0 Å². The zero-order valence-corrected chi connectivity index (χ0v) is 10.4. The molecule has 0 fully saturated rings. The molecule has 0 aromatic heterocycles. The number of rotatable bonds is 7. The summed E-state index contributed by atoms with van der Waals surface area (Å²) in [5.41, 5.74) is -1.24. The van der Waals surface area contributed by atoms with Gasteiger partial charge in [-0.1, -0.05) is 0 Å². The van der Waals surface area contributed by atoms with Crippen LogP contribution in [0.5, 0.6) is 0 Å². The van der Waals surface area contributed by atoms with Crippen LogP contribution in [-0.2, 0) is 14.8 Å². The summed E-state index contributed by atoms with van der Waals surface area (Å²) in [5, 5.41) is 18.1. The Balaban J connectivity index is 4.28. The molecule has 0 aromatic carbocycles. The summed E-state index contributed by atoms with van der Waals surface area (Å²) in [6.45, 7) is 1.51. The lowest BCUT2D eigenvalue weighted by Crippen LogP contribution is -2.47. The Morgan fingerprint density at radius 1 is 1.44 bits per heavy atom. The van der Waals surface area contributed by atoms with Crippen LogP contribution in [-0.4, -0.2) is 68.0 Å². The van der Waals surface area contributed by atoms with Crippen LogP contribution in [0.25, 0.3) is 0 Å². The van der Waals surface area contributed by atoms with E-state index in [1.165, 1.54) is 6.92 Å². The van der Waals surface area contributed by atoms with Crippen LogP contribution >= 0.6 is 0 Å². The number of hydrogen-bond donors (Lipinski definition) is 3. The fraction of sp³-hybridized carbons (Fsp3) is 0.875. The number of hydrogen-bond acceptors (Lipinski definition) is 5. The number of aliphatic carboxylic acids is 1. The molecule has 0 aliphatic carbocycles. The van der Waals surface area contributed by atoms with Crippen LogP contribution in [0.1, 0.15) is 6.92 Å². The molecule has 8 heteroatoms. The minimum absolute atomic E-state index is 0.221. The third kappa shape index (κ3) is 7.57. The van der Waals surface area contributed by atoms with Crippen molar-refractivity contribution in [1.82, 2.24) is 9.62 Å². The van der Waals surface area contributed by atoms with E-state index >= 15 is 0 Å². The summed E-state index contributed by atoms with van der Waals surface area (Å²) >= 11 is 0. The second-order valence-corrected chi connectivity index (χ2v) is 6.02. The smallest absolute Gasteiger partial charge is 0.320 e. The van der Waals surface area contributed by atoms with Gasteiger partial charge in [0.2, 0.25) is 10.0 Å². The highest BCUT2D eigenvalue weighted by Crippen LogP contribution is 2.03. The van der Waals surface area contributed by atoms with Crippen LogP contribution in [0, 0.1) is 0 Å². The molecule has 0 bridgehead atoms. The topological polar surface area (TPSA) is 107 Å². The van der Waals surface area contributed by atoms with Crippen molar-refractivity contribution >= 4 is 16.0 Å². The van der Waals surface area contributed by atoms with Crippen molar-refractivity contribution in [3.63, 3.8) is 0 Å². The molecule has 96 valence electrons. The number of sulfonamides is 1. The first-order valence-corrected chi connectivity index (χ1v) is 6.25. The maximum Gasteiger partial charge on any atom is 0.320 e. The van der Waals surface area contributed by atoms with Crippen molar-refractivity contribution in [2.75, 3.05) is 32.9 Å². The Labute approximate surface area is 95.1 Å². The molecule has 0 aliphatic rings. The van der Waals surface area contributed by atoms with Crippen molar-refractivity contribution in [3.8, 4) is 0 Å². The molecule has 1 unspecified atom stereocenters. The third-order valence-corrected chi connectivity index (χ3v) is 2.85. The molecule has 0 radical (unpaired) electrons. The van der Waals surface area contributed by atoms with Gasteiger partial charge in [-0.2, -0.15) is 0 Å². The molecule has 16 heavy (non-hydrogen) atoms. The quantitative estimate of drug-likeness (QED) is 0.500. The Morgan fingerprint density at radius 2 is 1.94 bits per heavy atom. The first-order valence-electron chi connectivity index (χ1n) is 4.60. The van der Waals surface area contributed by atoms with Gasteiger partial charge >= 0.3 is 5.97 Å². The number of carboxylic acid groups (broad SMARTS) is 1. The fourth-order valence-electron chi connectivity index (χ4n) is 1.22. The summed E-state index contributed by atoms with van der Waals surface area (Å²) in [5.74, 6) is -2.43. The van der Waals surface area contributed by atoms with Crippen LogP contribution < -0.4 is 4.72 Å². The Hall–Kier alpha value is -0.700. The number of carbonyl (C=O) groups is 1. The molecular formula is C8H18N2O5S. The SMILES string of the molecule is CN(C)CC(C)(O)CNS(=O)(=O)CC(=O)O. The summed E-state index contributed by atoms with van der Waals surface area (Å²) in [7, 11) is -0.405. The van der Waals surface area contributed by atoms with E-state index in [2.05, 4.69) is 4.72 Å². The Bertz CT molecular complexity index is 336. The van der Waals surface area contributed by atoms with Gasteiger partial charge in [-0.15, -0.1) is 0 Å². The highest BCUT2D eigenvalue weighted by Gasteiger charge is 2.25. The maximum absolute atomic E-state index is 11.2. The van der Waals surface area contributed by atoms with Crippen molar-refractivity contribution in [1.29, 1.82) is 0 Å². The predicted octanol–water partition coefficient (Wildman–Crippen LogP) is -1.70. The zero-order chi connectivity index (χ0) is 13.0. The van der Waals surface area contributed by atoms with Crippen molar-refractivity contribution < 1.29 is 23.4 Å². The minimum Gasteiger partial charge on any atom is -0.480 e. The maximum atomic E-state index is 11.2. The monoisotopic (exact) mass is 254 g/mol. The first kappa shape index (κ1) is 15.3. The highest BCUT2D eigenvalue weighted by atomic mass is 32.2. The lowest BCUT2D eigenvalue weighted by Gasteiger charge is -2.26. The van der Waals surface area contributed by atoms with E-state index in [4.69, 9.17) is 5.11 Å². The normalized spacial score (nSPS) is 16.1. The molecule has 0 saturated heterocycles. The molecule has 0 rings (SSSR count). The van der Waals surface area contributed by atoms with Gasteiger partial charge in [0.05, 0.1) is 5.60 Å². The average molecular weight is 254 g/mol. The van der Waals surface area contributed by atoms with Crippen molar-refractivity contribution in [2.45, 2.75) is 12.5 Å². The molecular weight excluding hydrogens is 236 g/mol. The van der Waals surface area contributed by atoms with E-state index in [1.807, 2.05) is 0 Å². The van der Waals surface area contributed by atoms with Gasteiger partial charge < -0.3 is 15.1 Å². The van der Waals surface area contributed by atoms with E-state index in [9.17, 15) is 18.3 Å². The van der Waals surface area contributed by atoms with E-state index < -0.39 is 27.3 Å². The van der Waals surface area contributed by atoms with Crippen LogP contribution in [0.2, 0.25) is 0 Å². The highest BCUT2D eigenvalue weighted by molar-refractivity contribution is 7.90. The second-order valence-electron chi connectivity index (χ2n) is 4.21. The Morgan fingerprint density at radius 3 is 2.31 bits per heavy atom. The summed E-state index contributed by atoms with van der Waals surface area (Å²) < 4.78 is 24.4. The zero-order valence-electron chi connectivity index (χ0n) is 9.60. The Kier molecular flexibility index (Phi) is 5.33. The van der Waals surface area contributed by atoms with Gasteiger partial charge in [0, 0.05) is 13.1 Å². The van der Waals surface area contributed by atoms with Crippen molar-refractivity contribution in [3.05, 3.63) is 0 Å². The van der Waals surface area contributed by atoms with E-state index in [0.717, 1.165) is 0 Å². The standard InChI is InChI=1S/C8H18N2O5S/c1-8(13,6-10(2)3)5-9-16(14,15)4-7(11)12/h9,13H,4-6H2,1-3H3,(H,11,12). The molecule has 3 N–H and O–H groups in total. The number of nitrogens with one attached hydrogen (secondary N) is 1. The first-order chi connectivity index (χ1) is 7.04. The van der Waals surface area contributed by atoms with Crippen molar-refractivity contribution in [2.24, 2.45) is 0 Å². The van der Waals surface area contributed by atoms with Gasteiger partial charge in [-0.25, -0.2) is 13.1 Å². The van der Waals surface area contributed by atoms with Crippen LogP contribution in [0.4, 0.5) is 0 Å². The number of carboxylic acids is 1. The molecule has 0 amide bonds. The number of likely N-dealkylation sites (N-methyl/N-ethyl adjacent to an activating group) is 1.